The smallest absolute Gasteiger partial charge is 0.264 e. The van der Waals surface area contributed by atoms with E-state index in [4.69, 9.17) is 4.74 Å². The molecule has 0 fully saturated rings. The first-order valence-electron chi connectivity index (χ1n) is 13.8. The zero-order chi connectivity index (χ0) is 30.2. The van der Waals surface area contributed by atoms with Gasteiger partial charge in [0.2, 0.25) is 11.8 Å². The predicted octanol–water partition coefficient (Wildman–Crippen LogP) is 5.18. The van der Waals surface area contributed by atoms with Crippen LogP contribution in [0, 0.1) is 0 Å². The van der Waals surface area contributed by atoms with Crippen LogP contribution in [0.25, 0.3) is 0 Å². The molecule has 0 saturated carbocycles. The fourth-order valence-electron chi connectivity index (χ4n) is 4.59. The molecular weight excluding hydrogens is 538 g/mol. The molecule has 0 unspecified atom stereocenters. The fourth-order valence-corrected chi connectivity index (χ4v) is 6.06. The summed E-state index contributed by atoms with van der Waals surface area (Å²) in [6.45, 7) is 9.06. The van der Waals surface area contributed by atoms with Gasteiger partial charge in [0, 0.05) is 12.1 Å². The second-order valence-corrected chi connectivity index (χ2v) is 12.7. The van der Waals surface area contributed by atoms with E-state index in [1.165, 1.54) is 21.3 Å². The molecule has 2 amide bonds. The standard InChI is InChI=1S/C32H41N3O5S/c1-7-25-14-12-13-17-29(25)35(41(38,39)27-15-10-9-11-16-27)23-30(36)34(22-24-18-20-26(40-6)21-19-24)28(8-2)31(37)33-32(3,4)5/h9-21,28H,7-8,22-23H2,1-6H3,(H,33,37)/t28-/m0/s1. The summed E-state index contributed by atoms with van der Waals surface area (Å²) < 4.78 is 34.5. The van der Waals surface area contributed by atoms with E-state index in [1.807, 2.05) is 58.9 Å². The average molecular weight is 580 g/mol. The highest BCUT2D eigenvalue weighted by Gasteiger charge is 2.35. The van der Waals surface area contributed by atoms with Crippen molar-refractivity contribution in [2.24, 2.45) is 0 Å². The van der Waals surface area contributed by atoms with Crippen LogP contribution in [0.3, 0.4) is 0 Å². The van der Waals surface area contributed by atoms with Gasteiger partial charge < -0.3 is 15.0 Å². The van der Waals surface area contributed by atoms with Gasteiger partial charge >= 0.3 is 0 Å². The van der Waals surface area contributed by atoms with Crippen LogP contribution in [0.1, 0.15) is 52.2 Å². The molecule has 3 aromatic rings. The summed E-state index contributed by atoms with van der Waals surface area (Å²) in [6.07, 6.45) is 0.924. The second kappa shape index (κ2) is 13.7. The van der Waals surface area contributed by atoms with Crippen LogP contribution < -0.4 is 14.4 Å². The number of methoxy groups -OCH3 is 1. The number of hydrogen-bond donors (Lipinski definition) is 1. The van der Waals surface area contributed by atoms with Crippen LogP contribution in [-0.4, -0.2) is 50.4 Å². The number of benzene rings is 3. The minimum absolute atomic E-state index is 0.0814. The Bertz CT molecular complexity index is 1420. The summed E-state index contributed by atoms with van der Waals surface area (Å²) in [7, 11) is -2.54. The van der Waals surface area contributed by atoms with E-state index in [0.29, 0.717) is 24.3 Å². The minimum atomic E-state index is -4.11. The highest BCUT2D eigenvalue weighted by Crippen LogP contribution is 2.28. The summed E-state index contributed by atoms with van der Waals surface area (Å²) in [5.41, 5.74) is 1.50. The molecule has 0 spiro atoms. The van der Waals surface area contributed by atoms with Crippen LogP contribution in [0.4, 0.5) is 5.69 Å². The first-order valence-corrected chi connectivity index (χ1v) is 15.2. The van der Waals surface area contributed by atoms with Gasteiger partial charge in [-0.3, -0.25) is 13.9 Å². The maximum atomic E-state index is 14.2. The van der Waals surface area contributed by atoms with Gasteiger partial charge in [-0.1, -0.05) is 62.4 Å². The first kappa shape index (κ1) is 31.7. The number of nitrogens with zero attached hydrogens (tertiary/aromatic N) is 2. The van der Waals surface area contributed by atoms with Crippen LogP contribution in [-0.2, 0) is 32.6 Å². The summed E-state index contributed by atoms with van der Waals surface area (Å²) in [6, 6.07) is 21.7. The molecule has 0 aliphatic carbocycles. The highest BCUT2D eigenvalue weighted by atomic mass is 32.2. The van der Waals surface area contributed by atoms with Gasteiger partial charge in [-0.25, -0.2) is 8.42 Å². The summed E-state index contributed by atoms with van der Waals surface area (Å²) in [4.78, 5) is 29.2. The Labute approximate surface area is 244 Å². The van der Waals surface area contributed by atoms with Crippen molar-refractivity contribution in [3.8, 4) is 5.75 Å². The first-order chi connectivity index (χ1) is 19.4. The Kier molecular flexibility index (Phi) is 10.6. The minimum Gasteiger partial charge on any atom is -0.497 e. The van der Waals surface area contributed by atoms with Gasteiger partial charge in [0.1, 0.15) is 18.3 Å². The Hall–Kier alpha value is -3.85. The number of anilines is 1. The summed E-state index contributed by atoms with van der Waals surface area (Å²) in [5.74, 6) is -0.115. The Morgan fingerprint density at radius 1 is 0.902 bits per heavy atom. The van der Waals surface area contributed by atoms with Crippen LogP contribution in [0.5, 0.6) is 5.75 Å². The number of carbonyl (C=O) groups excluding carboxylic acids is 2. The normalized spacial score (nSPS) is 12.3. The number of ether oxygens (including phenoxy) is 1. The average Bonchev–Trinajstić information content (AvgIpc) is 2.95. The molecule has 0 bridgehead atoms. The maximum Gasteiger partial charge on any atom is 0.264 e. The SMILES string of the molecule is CCc1ccccc1N(CC(=O)N(Cc1ccc(OC)cc1)[C@@H](CC)C(=O)NC(C)(C)C)S(=O)(=O)c1ccccc1. The predicted molar refractivity (Wildman–Crippen MR) is 162 cm³/mol. The van der Waals surface area contributed by atoms with E-state index in [2.05, 4.69) is 5.32 Å². The number of aryl methyl sites for hydroxylation is 1. The van der Waals surface area contributed by atoms with Crippen molar-refractivity contribution in [2.75, 3.05) is 18.0 Å². The lowest BCUT2D eigenvalue weighted by Crippen LogP contribution is -2.55. The number of carbonyl (C=O) groups is 2. The Morgan fingerprint density at radius 2 is 1.51 bits per heavy atom. The number of para-hydroxylation sites is 1. The topological polar surface area (TPSA) is 96.0 Å². The monoisotopic (exact) mass is 579 g/mol. The van der Waals surface area contributed by atoms with Gasteiger partial charge in [0.15, 0.2) is 0 Å². The molecule has 0 aromatic heterocycles. The molecule has 9 heteroatoms. The van der Waals surface area contributed by atoms with E-state index in [1.54, 1.807) is 49.6 Å². The van der Waals surface area contributed by atoms with E-state index in [-0.39, 0.29) is 17.3 Å². The molecule has 220 valence electrons. The van der Waals surface area contributed by atoms with Gasteiger partial charge in [-0.05, 0) is 75.1 Å². The van der Waals surface area contributed by atoms with E-state index in [9.17, 15) is 18.0 Å². The highest BCUT2D eigenvalue weighted by molar-refractivity contribution is 7.92. The van der Waals surface area contributed by atoms with Crippen molar-refractivity contribution in [2.45, 2.75) is 70.5 Å². The quantitative estimate of drug-likeness (QED) is 0.319. The second-order valence-electron chi connectivity index (χ2n) is 10.8. The third-order valence-electron chi connectivity index (χ3n) is 6.65. The summed E-state index contributed by atoms with van der Waals surface area (Å²) >= 11 is 0. The lowest BCUT2D eigenvalue weighted by Gasteiger charge is -2.35. The van der Waals surface area contributed by atoms with E-state index in [0.717, 1.165) is 11.1 Å². The molecule has 41 heavy (non-hydrogen) atoms. The van der Waals surface area contributed by atoms with Crippen molar-refractivity contribution in [3.63, 3.8) is 0 Å². The molecule has 0 aliphatic rings. The van der Waals surface area contributed by atoms with Gasteiger partial charge in [-0.2, -0.15) is 0 Å². The fraction of sp³-hybridized carbons (Fsp3) is 0.375. The molecule has 8 nitrogen and oxygen atoms in total. The van der Waals surface area contributed by atoms with E-state index >= 15 is 0 Å². The molecule has 0 heterocycles. The molecule has 0 radical (unpaired) electrons. The molecule has 1 N–H and O–H groups in total. The third kappa shape index (κ3) is 8.10. The largest absolute Gasteiger partial charge is 0.497 e. The molecular formula is C32H41N3O5S. The lowest BCUT2D eigenvalue weighted by molar-refractivity contribution is -0.141. The van der Waals surface area contributed by atoms with Crippen LogP contribution in [0.2, 0.25) is 0 Å². The Balaban J connectivity index is 2.09. The summed E-state index contributed by atoms with van der Waals surface area (Å²) in [5, 5.41) is 2.98. The Morgan fingerprint density at radius 3 is 2.07 bits per heavy atom. The van der Waals surface area contributed by atoms with Crippen molar-refractivity contribution < 1.29 is 22.7 Å². The lowest BCUT2D eigenvalue weighted by atomic mass is 10.1. The van der Waals surface area contributed by atoms with E-state index < -0.39 is 34.1 Å². The van der Waals surface area contributed by atoms with Crippen LogP contribution >= 0.6 is 0 Å². The molecule has 3 aromatic carbocycles. The van der Waals surface area contributed by atoms with Gasteiger partial charge in [0.25, 0.3) is 10.0 Å². The van der Waals surface area contributed by atoms with Crippen molar-refractivity contribution in [1.29, 1.82) is 0 Å². The number of rotatable bonds is 12. The molecule has 3 rings (SSSR count). The molecule has 0 saturated heterocycles. The number of nitrogens with one attached hydrogen (secondary N) is 1. The van der Waals surface area contributed by atoms with Gasteiger partial charge in [-0.15, -0.1) is 0 Å². The maximum absolute atomic E-state index is 14.2. The van der Waals surface area contributed by atoms with Crippen molar-refractivity contribution >= 4 is 27.5 Å². The number of hydrogen-bond acceptors (Lipinski definition) is 5. The van der Waals surface area contributed by atoms with Crippen LogP contribution in [0.15, 0.2) is 83.8 Å². The van der Waals surface area contributed by atoms with Crippen molar-refractivity contribution in [3.05, 3.63) is 90.0 Å². The number of amides is 2. The third-order valence-corrected chi connectivity index (χ3v) is 8.42. The zero-order valence-corrected chi connectivity index (χ0v) is 25.6. The van der Waals surface area contributed by atoms with Gasteiger partial charge in [0.05, 0.1) is 17.7 Å². The molecule has 1 atom stereocenters. The van der Waals surface area contributed by atoms with Crippen molar-refractivity contribution in [1.82, 2.24) is 10.2 Å². The molecule has 0 aliphatic heterocycles. The number of sulfonamides is 1. The zero-order valence-electron chi connectivity index (χ0n) is 24.8.